The predicted molar refractivity (Wildman–Crippen MR) is 177 cm³/mol. The Morgan fingerprint density at radius 2 is 1.80 bits per heavy atom. The fourth-order valence-electron chi connectivity index (χ4n) is 7.36. The Kier molecular flexibility index (Phi) is 9.79. The molecule has 0 bridgehead atoms. The molecule has 3 fully saturated rings. The fraction of sp³-hybridized carbons (Fsp3) is 0.545. The molecule has 2 aromatic rings. The smallest absolute Gasteiger partial charge is 0.237 e. The van der Waals surface area contributed by atoms with Crippen LogP contribution in [-0.4, -0.2) is 78.9 Å². The van der Waals surface area contributed by atoms with E-state index in [9.17, 15) is 14.4 Å². The summed E-state index contributed by atoms with van der Waals surface area (Å²) >= 11 is 12.6. The maximum Gasteiger partial charge on any atom is 0.237 e. The van der Waals surface area contributed by atoms with E-state index in [1.165, 1.54) is 12.1 Å². The Balaban J connectivity index is 0.00000400. The minimum absolute atomic E-state index is 0. The molecule has 12 heteroatoms. The van der Waals surface area contributed by atoms with Crippen molar-refractivity contribution in [3.63, 3.8) is 0 Å². The van der Waals surface area contributed by atoms with Crippen LogP contribution in [0.2, 0.25) is 10.0 Å². The highest BCUT2D eigenvalue weighted by Crippen LogP contribution is 2.57. The lowest BCUT2D eigenvalue weighted by Gasteiger charge is -2.37. The van der Waals surface area contributed by atoms with Crippen molar-refractivity contribution in [2.75, 3.05) is 44.6 Å². The largest absolute Gasteiger partial charge is 0.353 e. The average molecular weight is 681 g/mol. The van der Waals surface area contributed by atoms with E-state index in [-0.39, 0.29) is 46.5 Å². The number of benzene rings is 2. The maximum absolute atomic E-state index is 15.1. The van der Waals surface area contributed by atoms with E-state index in [0.29, 0.717) is 48.9 Å². The molecule has 4 atom stereocenters. The van der Waals surface area contributed by atoms with Gasteiger partial charge in [-0.05, 0) is 60.1 Å². The first-order valence-corrected chi connectivity index (χ1v) is 16.3. The molecule has 4 aliphatic rings. The first-order valence-electron chi connectivity index (χ1n) is 15.5. The molecule has 1 aliphatic carbocycles. The van der Waals surface area contributed by atoms with Crippen molar-refractivity contribution < 1.29 is 18.8 Å². The molecule has 244 valence electrons. The number of carbonyl (C=O) groups excluding carboxylic acids is 3. The molecule has 2 saturated heterocycles. The van der Waals surface area contributed by atoms with E-state index in [0.717, 1.165) is 31.5 Å². The van der Waals surface area contributed by atoms with Crippen LogP contribution >= 0.6 is 35.6 Å². The molecule has 3 heterocycles. The summed E-state index contributed by atoms with van der Waals surface area (Å²) in [7, 11) is 0. The van der Waals surface area contributed by atoms with Crippen LogP contribution < -0.4 is 16.0 Å². The molecule has 3 aliphatic heterocycles. The molecule has 0 aromatic heterocycles. The van der Waals surface area contributed by atoms with Gasteiger partial charge in [0, 0.05) is 67.9 Å². The van der Waals surface area contributed by atoms with E-state index in [4.69, 9.17) is 23.2 Å². The zero-order chi connectivity index (χ0) is 31.4. The summed E-state index contributed by atoms with van der Waals surface area (Å²) in [5.41, 5.74) is 0.160. The predicted octanol–water partition coefficient (Wildman–Crippen LogP) is 4.98. The van der Waals surface area contributed by atoms with Gasteiger partial charge >= 0.3 is 0 Å². The Labute approximate surface area is 280 Å². The molecule has 45 heavy (non-hydrogen) atoms. The number of piperazine rings is 1. The van der Waals surface area contributed by atoms with Gasteiger partial charge in [-0.2, -0.15) is 0 Å². The second-order valence-electron chi connectivity index (χ2n) is 13.9. The standard InChI is InChI=1S/C33H40Cl2FN5O3.ClH/c1-32(2,3)18-26-33(22-16-24(36)23(35)17-25(22)38-31(33)44)27(20-5-4-6-21(34)15-20)28(39-26)29(42)37-9-10-40-11-13-41(14-12-40)30(43)19-7-8-19;/h4-6,15-17,19,26-28,39H,7-14,18H2,1-3H3,(H,37,42)(H,38,44);1H/t26-,27+,28-,33+;/m1./s1. The number of nitrogens with zero attached hydrogens (tertiary/aromatic N) is 2. The van der Waals surface area contributed by atoms with E-state index in [2.05, 4.69) is 41.6 Å². The van der Waals surface area contributed by atoms with Crippen LogP contribution in [0, 0.1) is 17.2 Å². The molecule has 1 spiro atoms. The highest BCUT2D eigenvalue weighted by molar-refractivity contribution is 6.31. The molecule has 0 unspecified atom stereocenters. The van der Waals surface area contributed by atoms with E-state index < -0.39 is 29.2 Å². The topological polar surface area (TPSA) is 93.8 Å². The van der Waals surface area contributed by atoms with Crippen molar-refractivity contribution in [3.8, 4) is 0 Å². The van der Waals surface area contributed by atoms with E-state index in [1.807, 2.05) is 11.0 Å². The highest BCUT2D eigenvalue weighted by atomic mass is 35.5. The molecule has 0 radical (unpaired) electrons. The van der Waals surface area contributed by atoms with Crippen molar-refractivity contribution >= 4 is 59.0 Å². The average Bonchev–Trinajstić information content (AvgIpc) is 3.71. The summed E-state index contributed by atoms with van der Waals surface area (Å²) in [4.78, 5) is 44.9. The number of rotatable bonds is 7. The highest BCUT2D eigenvalue weighted by Gasteiger charge is 2.65. The summed E-state index contributed by atoms with van der Waals surface area (Å²) in [6.45, 7) is 10.3. The van der Waals surface area contributed by atoms with Crippen LogP contribution in [-0.2, 0) is 19.8 Å². The van der Waals surface area contributed by atoms with E-state index >= 15 is 4.39 Å². The minimum Gasteiger partial charge on any atom is -0.353 e. The third kappa shape index (κ3) is 6.57. The molecule has 3 amide bonds. The number of nitrogens with one attached hydrogen (secondary N) is 3. The summed E-state index contributed by atoms with van der Waals surface area (Å²) in [5, 5.41) is 10.0. The Hall–Kier alpha value is -2.43. The third-order valence-electron chi connectivity index (χ3n) is 9.53. The fourth-order valence-corrected chi connectivity index (χ4v) is 7.72. The van der Waals surface area contributed by atoms with Crippen LogP contribution in [0.25, 0.3) is 0 Å². The maximum atomic E-state index is 15.1. The second-order valence-corrected chi connectivity index (χ2v) is 14.7. The van der Waals surface area contributed by atoms with Crippen LogP contribution in [0.15, 0.2) is 36.4 Å². The molecule has 2 aromatic carbocycles. The lowest BCUT2D eigenvalue weighted by atomic mass is 9.62. The van der Waals surface area contributed by atoms with Crippen molar-refractivity contribution in [2.24, 2.45) is 11.3 Å². The lowest BCUT2D eigenvalue weighted by molar-refractivity contribution is -0.134. The van der Waals surface area contributed by atoms with Gasteiger partial charge in [0.1, 0.15) is 11.2 Å². The number of fused-ring (bicyclic) bond motifs is 2. The number of hydrogen-bond donors (Lipinski definition) is 3. The van der Waals surface area contributed by atoms with Gasteiger partial charge in [0.15, 0.2) is 0 Å². The van der Waals surface area contributed by atoms with Gasteiger partial charge in [-0.1, -0.05) is 56.1 Å². The first-order chi connectivity index (χ1) is 20.9. The summed E-state index contributed by atoms with van der Waals surface area (Å²) < 4.78 is 15.1. The van der Waals surface area contributed by atoms with Crippen LogP contribution in [0.3, 0.4) is 0 Å². The van der Waals surface area contributed by atoms with E-state index in [1.54, 1.807) is 18.2 Å². The number of carbonyl (C=O) groups is 3. The second kappa shape index (κ2) is 13.0. The Morgan fingerprint density at radius 1 is 1.09 bits per heavy atom. The van der Waals surface area contributed by atoms with Crippen molar-refractivity contribution in [2.45, 2.75) is 63.5 Å². The third-order valence-corrected chi connectivity index (χ3v) is 10.1. The number of halogens is 4. The van der Waals surface area contributed by atoms with Gasteiger partial charge in [0.2, 0.25) is 17.7 Å². The van der Waals surface area contributed by atoms with Gasteiger partial charge in [-0.3, -0.25) is 19.3 Å². The minimum atomic E-state index is -1.29. The van der Waals surface area contributed by atoms with Crippen LogP contribution in [0.5, 0.6) is 0 Å². The Morgan fingerprint density at radius 3 is 2.44 bits per heavy atom. The van der Waals surface area contributed by atoms with Crippen molar-refractivity contribution in [3.05, 3.63) is 63.4 Å². The van der Waals surface area contributed by atoms with Crippen molar-refractivity contribution in [1.82, 2.24) is 20.4 Å². The Bertz CT molecular complexity index is 1470. The number of amides is 3. The van der Waals surface area contributed by atoms with Crippen LogP contribution in [0.1, 0.15) is 57.1 Å². The van der Waals surface area contributed by atoms with Gasteiger partial charge in [-0.25, -0.2) is 4.39 Å². The molecule has 1 saturated carbocycles. The van der Waals surface area contributed by atoms with Crippen molar-refractivity contribution in [1.29, 1.82) is 0 Å². The van der Waals surface area contributed by atoms with Gasteiger partial charge in [0.05, 0.1) is 11.1 Å². The summed E-state index contributed by atoms with van der Waals surface area (Å²) in [6.07, 6.45) is 2.56. The van der Waals surface area contributed by atoms with Gasteiger partial charge < -0.3 is 20.9 Å². The molecular weight excluding hydrogens is 640 g/mol. The summed E-state index contributed by atoms with van der Waals surface area (Å²) in [5.74, 6) is -1.32. The zero-order valence-electron chi connectivity index (χ0n) is 25.8. The normalized spacial score (nSPS) is 26.4. The van der Waals surface area contributed by atoms with Gasteiger partial charge in [0.25, 0.3) is 0 Å². The molecule has 8 nitrogen and oxygen atoms in total. The van der Waals surface area contributed by atoms with Gasteiger partial charge in [-0.15, -0.1) is 12.4 Å². The zero-order valence-corrected chi connectivity index (χ0v) is 28.1. The quantitative estimate of drug-likeness (QED) is 0.384. The SMILES string of the molecule is CC(C)(C)C[C@H]1N[C@@H](C(=O)NCCN2CCN(C(=O)C3CC3)CC2)[C@H](c2cccc(Cl)c2)[C@@]12C(=O)Nc1cc(Cl)c(F)cc12.Cl. The number of hydrogen-bond acceptors (Lipinski definition) is 5. The number of anilines is 1. The lowest BCUT2D eigenvalue weighted by Crippen LogP contribution is -2.51. The first kappa shape index (κ1) is 33.9. The molecular formula is C33H41Cl3FN5O3. The molecule has 6 rings (SSSR count). The molecule has 3 N–H and O–H groups in total. The monoisotopic (exact) mass is 679 g/mol. The van der Waals surface area contributed by atoms with Crippen LogP contribution in [0.4, 0.5) is 10.1 Å². The summed E-state index contributed by atoms with van der Waals surface area (Å²) in [6, 6.07) is 8.75.